The predicted molar refractivity (Wildman–Crippen MR) is 116 cm³/mol. The topological polar surface area (TPSA) is 119 Å². The molecule has 2 N–H and O–H groups in total. The van der Waals surface area contributed by atoms with E-state index in [4.69, 9.17) is 4.52 Å². The van der Waals surface area contributed by atoms with E-state index >= 15 is 0 Å². The molecule has 1 aliphatic rings. The van der Waals surface area contributed by atoms with Gasteiger partial charge in [-0.3, -0.25) is 9.52 Å². The third-order valence-electron chi connectivity index (χ3n) is 5.37. The third kappa shape index (κ3) is 4.07. The number of nitrogens with one attached hydrogen (secondary N) is 2. The highest BCUT2D eigenvalue weighted by atomic mass is 32.2. The summed E-state index contributed by atoms with van der Waals surface area (Å²) in [6.45, 7) is 7.60. The highest BCUT2D eigenvalue weighted by Crippen LogP contribution is 2.41. The van der Waals surface area contributed by atoms with E-state index in [0.717, 1.165) is 18.5 Å². The first-order valence-electron chi connectivity index (χ1n) is 10.2. The molecule has 0 spiro atoms. The molecule has 3 aromatic rings. The minimum atomic E-state index is -3.95. The van der Waals surface area contributed by atoms with Crippen molar-refractivity contribution in [1.82, 2.24) is 14.7 Å². The molecule has 164 valence electrons. The Hall–Kier alpha value is -3.14. The molecule has 0 bridgehead atoms. The average molecular weight is 444 g/mol. The zero-order chi connectivity index (χ0) is 22.3. The number of anilines is 2. The van der Waals surface area contributed by atoms with Crippen LogP contribution in [-0.4, -0.2) is 29.0 Å². The highest BCUT2D eigenvalue weighted by Gasteiger charge is 2.34. The Morgan fingerprint density at radius 3 is 2.39 bits per heavy atom. The maximum atomic E-state index is 13.4. The van der Waals surface area contributed by atoms with Gasteiger partial charge < -0.3 is 14.4 Å². The highest BCUT2D eigenvalue weighted by molar-refractivity contribution is 7.93. The molecule has 2 aromatic heterocycles. The van der Waals surface area contributed by atoms with Crippen LogP contribution >= 0.6 is 0 Å². The normalized spacial score (nSPS) is 13.9. The third-order valence-corrected chi connectivity index (χ3v) is 6.91. The lowest BCUT2D eigenvalue weighted by atomic mass is 10.2. The second kappa shape index (κ2) is 7.84. The molecular formula is C21H25N5O4S. The van der Waals surface area contributed by atoms with Crippen molar-refractivity contribution in [1.29, 1.82) is 0 Å². The molecule has 0 aliphatic heterocycles. The van der Waals surface area contributed by atoms with Gasteiger partial charge in [0.1, 0.15) is 4.90 Å². The summed E-state index contributed by atoms with van der Waals surface area (Å²) in [5.74, 6) is 0.944. The lowest BCUT2D eigenvalue weighted by molar-refractivity contribution is -0.114. The molecular weight excluding hydrogens is 418 g/mol. The molecule has 10 heteroatoms. The van der Waals surface area contributed by atoms with Crippen LogP contribution < -0.4 is 10.0 Å². The molecule has 31 heavy (non-hydrogen) atoms. The number of hydrogen-bond acceptors (Lipinski definition) is 6. The molecule has 0 saturated heterocycles. The van der Waals surface area contributed by atoms with Gasteiger partial charge in [0.2, 0.25) is 5.91 Å². The summed E-state index contributed by atoms with van der Waals surface area (Å²) in [6, 6.07) is 6.46. The Morgan fingerprint density at radius 2 is 1.81 bits per heavy atom. The lowest BCUT2D eigenvalue weighted by Gasteiger charge is -2.10. The van der Waals surface area contributed by atoms with Gasteiger partial charge in [0.25, 0.3) is 15.9 Å². The Balaban J connectivity index is 1.73. The zero-order valence-corrected chi connectivity index (χ0v) is 18.7. The number of carbonyl (C=O) groups excluding carboxylic acids is 1. The van der Waals surface area contributed by atoms with Crippen LogP contribution in [0.2, 0.25) is 0 Å². The first-order chi connectivity index (χ1) is 14.7. The number of hydrogen-bond donors (Lipinski definition) is 2. The van der Waals surface area contributed by atoms with Crippen LogP contribution in [0.25, 0.3) is 11.5 Å². The van der Waals surface area contributed by atoms with Gasteiger partial charge in [0, 0.05) is 42.1 Å². The van der Waals surface area contributed by atoms with E-state index in [0.29, 0.717) is 40.9 Å². The largest absolute Gasteiger partial charge is 0.347 e. The van der Waals surface area contributed by atoms with E-state index in [9.17, 15) is 13.2 Å². The molecule has 1 aromatic carbocycles. The number of nitrogens with zero attached hydrogens (tertiary/aromatic N) is 3. The van der Waals surface area contributed by atoms with E-state index < -0.39 is 10.0 Å². The summed E-state index contributed by atoms with van der Waals surface area (Å²) in [6.07, 6.45) is 2.04. The fraction of sp³-hybridized carbons (Fsp3) is 0.381. The molecule has 1 fully saturated rings. The van der Waals surface area contributed by atoms with Crippen LogP contribution in [-0.2, 0) is 21.4 Å². The van der Waals surface area contributed by atoms with E-state index in [1.807, 2.05) is 18.4 Å². The summed E-state index contributed by atoms with van der Waals surface area (Å²) >= 11 is 0. The van der Waals surface area contributed by atoms with Gasteiger partial charge in [-0.2, -0.15) is 4.98 Å². The standard InChI is InChI=1S/C21H25N5O4S/c1-5-26-12(2)18(21-23-20(24-30-21)15-6-7-15)19(13(26)3)31(28,29)25-17-10-8-16(9-11-17)22-14(4)27/h8-11,15,25H,5-7H2,1-4H3,(H,22,27). The summed E-state index contributed by atoms with van der Waals surface area (Å²) in [5, 5.41) is 6.71. The van der Waals surface area contributed by atoms with Crippen molar-refractivity contribution < 1.29 is 17.7 Å². The molecule has 0 unspecified atom stereocenters. The average Bonchev–Trinajstić information content (AvgIpc) is 3.37. The Morgan fingerprint density at radius 1 is 1.16 bits per heavy atom. The minimum absolute atomic E-state index is 0.129. The monoisotopic (exact) mass is 443 g/mol. The fourth-order valence-corrected chi connectivity index (χ4v) is 5.34. The molecule has 1 aliphatic carbocycles. The molecule has 1 amide bonds. The van der Waals surface area contributed by atoms with E-state index in [1.54, 1.807) is 31.2 Å². The Labute approximate surface area is 180 Å². The summed E-state index contributed by atoms with van der Waals surface area (Å²) in [7, 11) is -3.95. The van der Waals surface area contributed by atoms with Crippen LogP contribution in [0.5, 0.6) is 0 Å². The Bertz CT molecular complexity index is 1240. The molecule has 0 radical (unpaired) electrons. The lowest BCUT2D eigenvalue weighted by Crippen LogP contribution is -2.15. The van der Waals surface area contributed by atoms with Gasteiger partial charge in [-0.05, 0) is 57.9 Å². The quantitative estimate of drug-likeness (QED) is 0.573. The van der Waals surface area contributed by atoms with Gasteiger partial charge in [-0.25, -0.2) is 8.42 Å². The Kier molecular flexibility index (Phi) is 5.34. The molecule has 9 nitrogen and oxygen atoms in total. The van der Waals surface area contributed by atoms with Gasteiger partial charge in [-0.15, -0.1) is 0 Å². The molecule has 1 saturated carbocycles. The number of benzene rings is 1. The van der Waals surface area contributed by atoms with E-state index in [2.05, 4.69) is 20.2 Å². The number of carbonyl (C=O) groups is 1. The predicted octanol–water partition coefficient (Wildman–Crippen LogP) is 3.81. The number of aromatic nitrogens is 3. The van der Waals surface area contributed by atoms with Crippen molar-refractivity contribution in [2.45, 2.75) is 57.9 Å². The van der Waals surface area contributed by atoms with Gasteiger partial charge in [-0.1, -0.05) is 5.16 Å². The maximum Gasteiger partial charge on any atom is 0.264 e. The number of sulfonamides is 1. The smallest absolute Gasteiger partial charge is 0.264 e. The second-order valence-electron chi connectivity index (χ2n) is 7.72. The van der Waals surface area contributed by atoms with Crippen LogP contribution in [0, 0.1) is 13.8 Å². The van der Waals surface area contributed by atoms with E-state index in [1.165, 1.54) is 6.92 Å². The second-order valence-corrected chi connectivity index (χ2v) is 9.33. The number of rotatable bonds is 7. The van der Waals surface area contributed by atoms with Crippen molar-refractivity contribution in [3.8, 4) is 11.5 Å². The van der Waals surface area contributed by atoms with Gasteiger partial charge in [0.05, 0.1) is 5.56 Å². The van der Waals surface area contributed by atoms with Crippen LogP contribution in [0.4, 0.5) is 11.4 Å². The van der Waals surface area contributed by atoms with Crippen LogP contribution in [0.15, 0.2) is 33.7 Å². The zero-order valence-electron chi connectivity index (χ0n) is 17.9. The van der Waals surface area contributed by atoms with Gasteiger partial charge >= 0.3 is 0 Å². The maximum absolute atomic E-state index is 13.4. The fourth-order valence-electron chi connectivity index (χ4n) is 3.78. The minimum Gasteiger partial charge on any atom is -0.347 e. The van der Waals surface area contributed by atoms with Crippen LogP contribution in [0.1, 0.15) is 49.8 Å². The van der Waals surface area contributed by atoms with Crippen molar-refractivity contribution in [2.75, 3.05) is 10.0 Å². The summed E-state index contributed by atoms with van der Waals surface area (Å²) < 4.78 is 36.9. The van der Waals surface area contributed by atoms with Crippen LogP contribution in [0.3, 0.4) is 0 Å². The number of amides is 1. The first-order valence-corrected chi connectivity index (χ1v) is 11.6. The molecule has 2 heterocycles. The van der Waals surface area contributed by atoms with Crippen molar-refractivity contribution in [3.05, 3.63) is 41.5 Å². The van der Waals surface area contributed by atoms with Gasteiger partial charge in [0.15, 0.2) is 5.82 Å². The van der Waals surface area contributed by atoms with Crippen molar-refractivity contribution >= 4 is 27.3 Å². The van der Waals surface area contributed by atoms with Crippen molar-refractivity contribution in [3.63, 3.8) is 0 Å². The molecule has 4 rings (SSSR count). The summed E-state index contributed by atoms with van der Waals surface area (Å²) in [4.78, 5) is 15.8. The van der Waals surface area contributed by atoms with Crippen molar-refractivity contribution in [2.24, 2.45) is 0 Å². The summed E-state index contributed by atoms with van der Waals surface area (Å²) in [5.41, 5.74) is 2.75. The molecule has 0 atom stereocenters. The van der Waals surface area contributed by atoms with E-state index in [-0.39, 0.29) is 16.7 Å². The first kappa shape index (κ1) is 21.1. The SMILES string of the molecule is CCn1c(C)c(-c2nc(C3CC3)no2)c(S(=O)(=O)Nc2ccc(NC(C)=O)cc2)c1C.